The molecule has 0 aliphatic rings. The lowest BCUT2D eigenvalue weighted by Gasteiger charge is -2.15. The fourth-order valence-corrected chi connectivity index (χ4v) is 2.31. The van der Waals surface area contributed by atoms with Gasteiger partial charge in [0.15, 0.2) is 0 Å². The first-order valence-corrected chi connectivity index (χ1v) is 6.69. The molecule has 0 aliphatic carbocycles. The molecular weight excluding hydrogens is 269 g/mol. The highest BCUT2D eigenvalue weighted by molar-refractivity contribution is 5.78. The maximum absolute atomic E-state index is 13.2. The predicted molar refractivity (Wildman–Crippen MR) is 81.0 cm³/mol. The van der Waals surface area contributed by atoms with Gasteiger partial charge in [0.05, 0.1) is 0 Å². The maximum atomic E-state index is 13.2. The summed E-state index contributed by atoms with van der Waals surface area (Å²) in [6.07, 6.45) is -0.875. The van der Waals surface area contributed by atoms with Gasteiger partial charge >= 0.3 is 0 Å². The van der Waals surface area contributed by atoms with Crippen molar-refractivity contribution >= 4 is 16.7 Å². The topological polar surface area (TPSA) is 36.6 Å². The lowest BCUT2D eigenvalue weighted by atomic mass is 10.1. The summed E-state index contributed by atoms with van der Waals surface area (Å²) in [7, 11) is 3.88. The van der Waals surface area contributed by atoms with E-state index in [0.29, 0.717) is 16.7 Å². The Morgan fingerprint density at radius 2 is 1.90 bits per heavy atom. The third-order valence-corrected chi connectivity index (χ3v) is 3.47. The van der Waals surface area contributed by atoms with E-state index in [0.717, 1.165) is 11.3 Å². The zero-order valence-corrected chi connectivity index (χ0v) is 11.9. The molecule has 4 heteroatoms. The number of anilines is 1. The first kappa shape index (κ1) is 13.6. The Labute approximate surface area is 122 Å². The van der Waals surface area contributed by atoms with Gasteiger partial charge in [-0.1, -0.05) is 12.1 Å². The van der Waals surface area contributed by atoms with Gasteiger partial charge in [0.2, 0.25) is 0 Å². The summed E-state index contributed by atoms with van der Waals surface area (Å²) in [6.45, 7) is 0. The van der Waals surface area contributed by atoms with Crippen LogP contribution < -0.4 is 4.90 Å². The molecule has 0 saturated heterocycles. The number of fused-ring (bicyclic) bond motifs is 1. The average molecular weight is 285 g/mol. The second-order valence-electron chi connectivity index (χ2n) is 5.22. The van der Waals surface area contributed by atoms with E-state index in [1.54, 1.807) is 12.1 Å². The van der Waals surface area contributed by atoms with Crippen LogP contribution in [0.5, 0.6) is 0 Å². The third-order valence-electron chi connectivity index (χ3n) is 3.47. The highest BCUT2D eigenvalue weighted by atomic mass is 19.1. The Kier molecular flexibility index (Phi) is 3.39. The number of hydrogen-bond acceptors (Lipinski definition) is 3. The second-order valence-corrected chi connectivity index (χ2v) is 5.22. The number of aliphatic hydroxyl groups excluding tert-OH is 1. The van der Waals surface area contributed by atoms with Crippen LogP contribution in [0.4, 0.5) is 10.1 Å². The fraction of sp³-hybridized carbons (Fsp3) is 0.176. The molecule has 0 amide bonds. The molecule has 3 rings (SSSR count). The third kappa shape index (κ3) is 2.62. The smallest absolute Gasteiger partial charge is 0.138 e. The van der Waals surface area contributed by atoms with Gasteiger partial charge in [-0.15, -0.1) is 0 Å². The standard InChI is InChI=1S/C17H16FNO2/c1-19(2)14-5-3-4-11(9-14)17(20)16-10-12-8-13(18)6-7-15(12)21-16/h3-10,17,20H,1-2H3. The van der Waals surface area contributed by atoms with Crippen molar-refractivity contribution in [2.75, 3.05) is 19.0 Å². The van der Waals surface area contributed by atoms with Crippen molar-refractivity contribution in [3.8, 4) is 0 Å². The SMILES string of the molecule is CN(C)c1cccc(C(O)c2cc3cc(F)ccc3o2)c1. The van der Waals surface area contributed by atoms with E-state index in [1.165, 1.54) is 12.1 Å². The summed E-state index contributed by atoms with van der Waals surface area (Å²) in [6, 6.07) is 13.6. The largest absolute Gasteiger partial charge is 0.458 e. The van der Waals surface area contributed by atoms with E-state index in [1.807, 2.05) is 43.3 Å². The van der Waals surface area contributed by atoms with Crippen molar-refractivity contribution in [2.24, 2.45) is 0 Å². The first-order valence-electron chi connectivity index (χ1n) is 6.69. The predicted octanol–water partition coefficient (Wildman–Crippen LogP) is 3.72. The lowest BCUT2D eigenvalue weighted by molar-refractivity contribution is 0.192. The monoisotopic (exact) mass is 285 g/mol. The number of halogens is 1. The van der Waals surface area contributed by atoms with Crippen LogP contribution in [0.3, 0.4) is 0 Å². The van der Waals surface area contributed by atoms with E-state index < -0.39 is 6.10 Å². The molecular formula is C17H16FNO2. The molecule has 1 N–H and O–H groups in total. The summed E-state index contributed by atoms with van der Waals surface area (Å²) >= 11 is 0. The molecule has 3 nitrogen and oxygen atoms in total. The van der Waals surface area contributed by atoms with Gasteiger partial charge in [-0.05, 0) is 42.0 Å². The minimum Gasteiger partial charge on any atom is -0.458 e. The Hall–Kier alpha value is -2.33. The minimum atomic E-state index is -0.875. The van der Waals surface area contributed by atoms with Crippen molar-refractivity contribution in [1.29, 1.82) is 0 Å². The second kappa shape index (κ2) is 5.22. The molecule has 1 aromatic heterocycles. The van der Waals surface area contributed by atoms with E-state index in [2.05, 4.69) is 0 Å². The highest BCUT2D eigenvalue weighted by Crippen LogP contribution is 2.30. The first-order chi connectivity index (χ1) is 10.0. The number of furan rings is 1. The van der Waals surface area contributed by atoms with Crippen LogP contribution in [0.2, 0.25) is 0 Å². The quantitative estimate of drug-likeness (QED) is 0.797. The van der Waals surface area contributed by atoms with Crippen molar-refractivity contribution in [1.82, 2.24) is 0 Å². The van der Waals surface area contributed by atoms with Gasteiger partial charge in [-0.25, -0.2) is 4.39 Å². The van der Waals surface area contributed by atoms with Gasteiger partial charge < -0.3 is 14.4 Å². The molecule has 0 aliphatic heterocycles. The van der Waals surface area contributed by atoms with Gasteiger partial charge in [0, 0.05) is 25.2 Å². The molecule has 3 aromatic rings. The van der Waals surface area contributed by atoms with Crippen LogP contribution in [0.25, 0.3) is 11.0 Å². The van der Waals surface area contributed by atoms with E-state index in [4.69, 9.17) is 4.42 Å². The van der Waals surface area contributed by atoms with Crippen LogP contribution >= 0.6 is 0 Å². The molecule has 2 aromatic carbocycles. The van der Waals surface area contributed by atoms with Crippen LogP contribution in [0, 0.1) is 5.82 Å². The number of nitrogens with zero attached hydrogens (tertiary/aromatic N) is 1. The Bertz CT molecular complexity index is 779. The van der Waals surface area contributed by atoms with Gasteiger partial charge in [0.25, 0.3) is 0 Å². The van der Waals surface area contributed by atoms with Crippen molar-refractivity contribution < 1.29 is 13.9 Å². The number of benzene rings is 2. The van der Waals surface area contributed by atoms with E-state index in [-0.39, 0.29) is 5.82 Å². The van der Waals surface area contributed by atoms with E-state index >= 15 is 0 Å². The molecule has 0 bridgehead atoms. The fourth-order valence-electron chi connectivity index (χ4n) is 2.31. The van der Waals surface area contributed by atoms with E-state index in [9.17, 15) is 9.50 Å². The van der Waals surface area contributed by atoms with Crippen LogP contribution in [0.15, 0.2) is 52.9 Å². The molecule has 0 saturated carbocycles. The molecule has 0 radical (unpaired) electrons. The van der Waals surface area contributed by atoms with Crippen molar-refractivity contribution in [2.45, 2.75) is 6.10 Å². The van der Waals surface area contributed by atoms with Gasteiger partial charge in [-0.2, -0.15) is 0 Å². The van der Waals surface area contributed by atoms with Crippen molar-refractivity contribution in [3.05, 3.63) is 65.7 Å². The van der Waals surface area contributed by atoms with Crippen molar-refractivity contribution in [3.63, 3.8) is 0 Å². The van der Waals surface area contributed by atoms with Gasteiger partial charge in [0.1, 0.15) is 23.3 Å². The van der Waals surface area contributed by atoms with Crippen LogP contribution in [0.1, 0.15) is 17.4 Å². The van der Waals surface area contributed by atoms with Gasteiger partial charge in [-0.3, -0.25) is 0 Å². The lowest BCUT2D eigenvalue weighted by Crippen LogP contribution is -2.09. The Balaban J connectivity index is 1.99. The highest BCUT2D eigenvalue weighted by Gasteiger charge is 2.16. The number of rotatable bonds is 3. The molecule has 108 valence electrons. The summed E-state index contributed by atoms with van der Waals surface area (Å²) in [5.74, 6) is 0.0884. The summed E-state index contributed by atoms with van der Waals surface area (Å²) < 4.78 is 18.8. The number of aliphatic hydroxyl groups is 1. The maximum Gasteiger partial charge on any atom is 0.138 e. The summed E-state index contributed by atoms with van der Waals surface area (Å²) in [5, 5.41) is 11.1. The molecule has 21 heavy (non-hydrogen) atoms. The molecule has 0 fully saturated rings. The number of hydrogen-bond donors (Lipinski definition) is 1. The molecule has 1 unspecified atom stereocenters. The Morgan fingerprint density at radius 3 is 2.67 bits per heavy atom. The average Bonchev–Trinajstić information content (AvgIpc) is 2.89. The zero-order chi connectivity index (χ0) is 15.0. The molecule has 1 atom stereocenters. The van der Waals surface area contributed by atoms with Crippen LogP contribution in [-0.2, 0) is 0 Å². The Morgan fingerprint density at radius 1 is 1.10 bits per heavy atom. The minimum absolute atomic E-state index is 0.320. The summed E-state index contributed by atoms with van der Waals surface area (Å²) in [5.41, 5.74) is 2.30. The normalized spacial score (nSPS) is 12.6. The molecule has 0 spiro atoms. The molecule has 1 heterocycles. The van der Waals surface area contributed by atoms with Crippen LogP contribution in [-0.4, -0.2) is 19.2 Å². The summed E-state index contributed by atoms with van der Waals surface area (Å²) in [4.78, 5) is 1.96. The zero-order valence-electron chi connectivity index (χ0n) is 11.9.